The Hall–Kier alpha value is -2.91. The van der Waals surface area contributed by atoms with E-state index in [0.29, 0.717) is 16.3 Å². The molecule has 10 heteroatoms. The smallest absolute Gasteiger partial charge is 0.331 e. The highest BCUT2D eigenvalue weighted by Gasteiger charge is 2.31. The molecule has 0 bridgehead atoms. The molecule has 1 heterocycles. The zero-order valence-electron chi connectivity index (χ0n) is 15.5. The van der Waals surface area contributed by atoms with Crippen LogP contribution < -0.4 is 10.0 Å². The van der Waals surface area contributed by atoms with E-state index in [2.05, 4.69) is 15.0 Å². The predicted molar refractivity (Wildman–Crippen MR) is 108 cm³/mol. The molecule has 2 aromatic carbocycles. The Morgan fingerprint density at radius 2 is 1.76 bits per heavy atom. The SMILES string of the molecule is C[C@H](N=C1NS(=O)(=O)c2ccccc21)C(=O)O[C@H](C)C(=O)Nc1ccc(Cl)cc1. The van der Waals surface area contributed by atoms with Crippen LogP contribution in [-0.2, 0) is 24.3 Å². The topological polar surface area (TPSA) is 114 Å². The molecule has 152 valence electrons. The Morgan fingerprint density at radius 3 is 2.45 bits per heavy atom. The first-order valence-electron chi connectivity index (χ1n) is 8.64. The van der Waals surface area contributed by atoms with Crippen LogP contribution in [0.3, 0.4) is 0 Å². The largest absolute Gasteiger partial charge is 0.451 e. The number of carbonyl (C=O) groups is 2. The first kappa shape index (κ1) is 20.8. The summed E-state index contributed by atoms with van der Waals surface area (Å²) in [5.41, 5.74) is 0.883. The molecule has 29 heavy (non-hydrogen) atoms. The van der Waals surface area contributed by atoms with Crippen LogP contribution in [0.1, 0.15) is 19.4 Å². The first-order chi connectivity index (χ1) is 13.7. The highest BCUT2D eigenvalue weighted by Crippen LogP contribution is 2.22. The third kappa shape index (κ3) is 4.75. The van der Waals surface area contributed by atoms with Gasteiger partial charge in [0.25, 0.3) is 15.9 Å². The predicted octanol–water partition coefficient (Wildman–Crippen LogP) is 2.34. The third-order valence-corrected chi connectivity index (χ3v) is 5.75. The van der Waals surface area contributed by atoms with E-state index in [-0.39, 0.29) is 10.7 Å². The second-order valence-corrected chi connectivity index (χ2v) is 8.42. The minimum atomic E-state index is -3.71. The number of fused-ring (bicyclic) bond motifs is 1. The Morgan fingerprint density at radius 1 is 1.10 bits per heavy atom. The van der Waals surface area contributed by atoms with Gasteiger partial charge < -0.3 is 10.1 Å². The number of benzene rings is 2. The Kier molecular flexibility index (Phi) is 5.90. The summed E-state index contributed by atoms with van der Waals surface area (Å²) in [7, 11) is -3.71. The van der Waals surface area contributed by atoms with Gasteiger partial charge in [-0.3, -0.25) is 14.5 Å². The van der Waals surface area contributed by atoms with Crippen molar-refractivity contribution in [1.82, 2.24) is 4.72 Å². The van der Waals surface area contributed by atoms with E-state index in [0.717, 1.165) is 0 Å². The fourth-order valence-corrected chi connectivity index (χ4v) is 3.94. The molecular formula is C19H18ClN3O5S. The van der Waals surface area contributed by atoms with Crippen LogP contribution in [0.4, 0.5) is 5.69 Å². The summed E-state index contributed by atoms with van der Waals surface area (Å²) < 4.78 is 31.7. The third-order valence-electron chi connectivity index (χ3n) is 4.10. The number of rotatable bonds is 5. The zero-order valence-corrected chi connectivity index (χ0v) is 17.1. The van der Waals surface area contributed by atoms with Gasteiger partial charge in [0.1, 0.15) is 11.9 Å². The fraction of sp³-hybridized carbons (Fsp3) is 0.211. The molecule has 0 aromatic heterocycles. The minimum Gasteiger partial charge on any atom is -0.451 e. The van der Waals surface area contributed by atoms with Crippen LogP contribution in [-0.4, -0.2) is 38.3 Å². The van der Waals surface area contributed by atoms with E-state index in [1.165, 1.54) is 19.9 Å². The normalized spacial score (nSPS) is 17.7. The van der Waals surface area contributed by atoms with Gasteiger partial charge in [-0.05, 0) is 50.2 Å². The molecular weight excluding hydrogens is 418 g/mol. The molecule has 1 aliphatic rings. The lowest BCUT2D eigenvalue weighted by atomic mass is 10.2. The molecule has 1 amide bonds. The summed E-state index contributed by atoms with van der Waals surface area (Å²) in [5, 5.41) is 3.14. The van der Waals surface area contributed by atoms with Crippen molar-refractivity contribution in [3.8, 4) is 0 Å². The summed E-state index contributed by atoms with van der Waals surface area (Å²) in [6.07, 6.45) is -1.08. The maximum atomic E-state index is 12.3. The van der Waals surface area contributed by atoms with E-state index in [1.807, 2.05) is 0 Å². The van der Waals surface area contributed by atoms with Crippen molar-refractivity contribution >= 4 is 45.0 Å². The standard InChI is InChI=1S/C19H18ClN3O5S/c1-11(21-17-15-5-3-4-6-16(15)29(26,27)23-17)19(25)28-12(2)18(24)22-14-9-7-13(20)8-10-14/h3-12H,1-2H3,(H,21,23)(H,22,24)/t11-,12+/m0/s1. The quantitative estimate of drug-likeness (QED) is 0.699. The maximum Gasteiger partial charge on any atom is 0.331 e. The van der Waals surface area contributed by atoms with Gasteiger partial charge in [0.15, 0.2) is 6.10 Å². The van der Waals surface area contributed by atoms with E-state index in [9.17, 15) is 18.0 Å². The van der Waals surface area contributed by atoms with Crippen molar-refractivity contribution in [2.75, 3.05) is 5.32 Å². The lowest BCUT2D eigenvalue weighted by molar-refractivity contribution is -0.153. The van der Waals surface area contributed by atoms with Gasteiger partial charge in [0, 0.05) is 16.3 Å². The molecule has 2 atom stereocenters. The van der Waals surface area contributed by atoms with Crippen LogP contribution in [0.25, 0.3) is 0 Å². The molecule has 1 aliphatic heterocycles. The lowest BCUT2D eigenvalue weighted by Gasteiger charge is -2.15. The number of carbonyl (C=O) groups excluding carboxylic acids is 2. The number of nitrogens with zero attached hydrogens (tertiary/aromatic N) is 1. The molecule has 0 unspecified atom stereocenters. The fourth-order valence-electron chi connectivity index (χ4n) is 2.58. The van der Waals surface area contributed by atoms with Crippen molar-refractivity contribution in [3.05, 3.63) is 59.1 Å². The van der Waals surface area contributed by atoms with Crippen molar-refractivity contribution in [1.29, 1.82) is 0 Å². The molecule has 2 aromatic rings. The van der Waals surface area contributed by atoms with Crippen LogP contribution >= 0.6 is 11.6 Å². The van der Waals surface area contributed by atoms with Crippen molar-refractivity contribution in [2.24, 2.45) is 4.99 Å². The molecule has 0 radical (unpaired) electrons. The second-order valence-electron chi connectivity index (χ2n) is 6.33. The second kappa shape index (κ2) is 8.22. The lowest BCUT2D eigenvalue weighted by Crippen LogP contribution is -2.33. The van der Waals surface area contributed by atoms with Crippen LogP contribution in [0.15, 0.2) is 58.4 Å². The Balaban J connectivity index is 1.65. The van der Waals surface area contributed by atoms with Crippen LogP contribution in [0, 0.1) is 0 Å². The van der Waals surface area contributed by atoms with Crippen molar-refractivity contribution in [2.45, 2.75) is 30.9 Å². The molecule has 0 spiro atoms. The van der Waals surface area contributed by atoms with E-state index >= 15 is 0 Å². The molecule has 0 saturated carbocycles. The maximum absolute atomic E-state index is 12.3. The Bertz CT molecular complexity index is 1080. The number of aliphatic imine (C=N–C) groups is 1. The van der Waals surface area contributed by atoms with Gasteiger partial charge in [0.05, 0.1) is 4.90 Å². The highest BCUT2D eigenvalue weighted by molar-refractivity contribution is 7.90. The van der Waals surface area contributed by atoms with Crippen molar-refractivity contribution in [3.63, 3.8) is 0 Å². The van der Waals surface area contributed by atoms with Gasteiger partial charge in [-0.25, -0.2) is 13.2 Å². The average molecular weight is 436 g/mol. The summed E-state index contributed by atoms with van der Waals surface area (Å²) in [6.45, 7) is 2.88. The van der Waals surface area contributed by atoms with Gasteiger partial charge >= 0.3 is 5.97 Å². The molecule has 2 N–H and O–H groups in total. The average Bonchev–Trinajstić information content (AvgIpc) is 2.94. The van der Waals surface area contributed by atoms with Gasteiger partial charge in [0.2, 0.25) is 0 Å². The number of sulfonamides is 1. The number of nitrogens with one attached hydrogen (secondary N) is 2. The number of halogens is 1. The molecule has 0 aliphatic carbocycles. The number of ether oxygens (including phenoxy) is 1. The molecule has 3 rings (SSSR count). The minimum absolute atomic E-state index is 0.0586. The number of esters is 1. The number of hydrogen-bond donors (Lipinski definition) is 2. The van der Waals surface area contributed by atoms with Crippen LogP contribution in [0.5, 0.6) is 0 Å². The number of anilines is 1. The highest BCUT2D eigenvalue weighted by atomic mass is 35.5. The monoisotopic (exact) mass is 435 g/mol. The summed E-state index contributed by atoms with van der Waals surface area (Å²) in [4.78, 5) is 28.7. The van der Waals surface area contributed by atoms with Crippen molar-refractivity contribution < 1.29 is 22.7 Å². The number of amides is 1. The number of amidine groups is 1. The number of hydrogen-bond acceptors (Lipinski definition) is 6. The summed E-state index contributed by atoms with van der Waals surface area (Å²) in [5.74, 6) is -1.23. The summed E-state index contributed by atoms with van der Waals surface area (Å²) >= 11 is 5.80. The summed E-state index contributed by atoms with van der Waals surface area (Å²) in [6, 6.07) is 11.8. The molecule has 8 nitrogen and oxygen atoms in total. The molecule has 0 fully saturated rings. The van der Waals surface area contributed by atoms with Crippen LogP contribution in [0.2, 0.25) is 5.02 Å². The van der Waals surface area contributed by atoms with E-state index < -0.39 is 34.0 Å². The first-order valence-corrected chi connectivity index (χ1v) is 10.5. The zero-order chi connectivity index (χ0) is 21.2. The van der Waals surface area contributed by atoms with E-state index in [4.69, 9.17) is 16.3 Å². The Labute approximate surface area is 173 Å². The van der Waals surface area contributed by atoms with Gasteiger partial charge in [-0.2, -0.15) is 0 Å². The molecule has 0 saturated heterocycles. The van der Waals surface area contributed by atoms with Gasteiger partial charge in [-0.1, -0.05) is 23.7 Å². The van der Waals surface area contributed by atoms with Gasteiger partial charge in [-0.15, -0.1) is 0 Å². The van der Waals surface area contributed by atoms with E-state index in [1.54, 1.807) is 42.5 Å².